The molecule has 2 aromatic rings. The van der Waals surface area contributed by atoms with Crippen molar-refractivity contribution in [3.05, 3.63) is 57.6 Å². The van der Waals surface area contributed by atoms with Crippen molar-refractivity contribution in [1.29, 1.82) is 0 Å². The molecule has 0 saturated carbocycles. The molecular formula is C17H16BrF2NO3S. The van der Waals surface area contributed by atoms with Crippen LogP contribution in [0.4, 0.5) is 14.5 Å². The smallest absolute Gasteiger partial charge is 0.178 e. The van der Waals surface area contributed by atoms with Crippen LogP contribution in [0.5, 0.6) is 0 Å². The van der Waals surface area contributed by atoms with Crippen LogP contribution < -0.4 is 5.73 Å². The van der Waals surface area contributed by atoms with Crippen LogP contribution in [-0.2, 0) is 27.5 Å². The fourth-order valence-corrected chi connectivity index (χ4v) is 3.54. The monoisotopic (exact) mass is 431 g/mol. The number of rotatable bonds is 6. The molecule has 2 N–H and O–H groups in total. The summed E-state index contributed by atoms with van der Waals surface area (Å²) in [6.45, 7) is 1.55. The molecule has 0 bridgehead atoms. The van der Waals surface area contributed by atoms with Crippen molar-refractivity contribution in [2.45, 2.75) is 24.7 Å². The maximum atomic E-state index is 14.1. The number of carbonyl (C=O) groups excluding carboxylic acids is 1. The van der Waals surface area contributed by atoms with Crippen LogP contribution in [0.2, 0.25) is 0 Å². The van der Waals surface area contributed by atoms with Crippen molar-refractivity contribution >= 4 is 37.2 Å². The summed E-state index contributed by atoms with van der Waals surface area (Å²) in [7, 11) is -3.30. The van der Waals surface area contributed by atoms with E-state index in [1.54, 1.807) is 19.1 Å². The second-order valence-corrected chi connectivity index (χ2v) is 8.56. The molecule has 0 unspecified atom stereocenters. The second kappa shape index (κ2) is 7.61. The summed E-state index contributed by atoms with van der Waals surface area (Å²) in [6.07, 6.45) is -0.300. The quantitative estimate of drug-likeness (QED) is 0.561. The van der Waals surface area contributed by atoms with Gasteiger partial charge in [-0.1, -0.05) is 19.1 Å². The predicted molar refractivity (Wildman–Crippen MR) is 95.1 cm³/mol. The lowest BCUT2D eigenvalue weighted by atomic mass is 10.0. The molecule has 4 nitrogen and oxygen atoms in total. The summed E-state index contributed by atoms with van der Waals surface area (Å²) in [5.74, 6) is -2.06. The molecule has 0 aliphatic rings. The van der Waals surface area contributed by atoms with E-state index in [9.17, 15) is 22.0 Å². The summed E-state index contributed by atoms with van der Waals surface area (Å²) < 4.78 is 50.6. The molecule has 2 aromatic carbocycles. The number of sulfone groups is 1. The molecule has 8 heteroatoms. The van der Waals surface area contributed by atoms with Crippen molar-refractivity contribution in [2.24, 2.45) is 0 Å². The van der Waals surface area contributed by atoms with Gasteiger partial charge in [-0.3, -0.25) is 4.79 Å². The molecule has 0 atom stereocenters. The third-order valence-corrected chi connectivity index (χ3v) is 6.21. The van der Waals surface area contributed by atoms with Crippen LogP contribution in [0.3, 0.4) is 0 Å². The number of hydrogen-bond acceptors (Lipinski definition) is 4. The van der Waals surface area contributed by atoms with Gasteiger partial charge in [0.05, 0.1) is 15.1 Å². The van der Waals surface area contributed by atoms with Crippen LogP contribution in [0.1, 0.15) is 18.1 Å². The Bertz CT molecular complexity index is 912. The highest BCUT2D eigenvalue weighted by Gasteiger charge is 2.18. The highest BCUT2D eigenvalue weighted by molar-refractivity contribution is 9.10. The van der Waals surface area contributed by atoms with E-state index in [2.05, 4.69) is 15.9 Å². The molecule has 0 aliphatic carbocycles. The highest BCUT2D eigenvalue weighted by Crippen LogP contribution is 2.28. The van der Waals surface area contributed by atoms with Gasteiger partial charge in [-0.2, -0.15) is 0 Å². The van der Waals surface area contributed by atoms with Gasteiger partial charge in [-0.25, -0.2) is 17.2 Å². The van der Waals surface area contributed by atoms with Crippen molar-refractivity contribution < 1.29 is 22.0 Å². The van der Waals surface area contributed by atoms with E-state index in [0.29, 0.717) is 5.56 Å². The average molecular weight is 432 g/mol. The van der Waals surface area contributed by atoms with Crippen molar-refractivity contribution in [3.63, 3.8) is 0 Å². The van der Waals surface area contributed by atoms with Gasteiger partial charge in [0.2, 0.25) is 0 Å². The Kier molecular flexibility index (Phi) is 5.95. The van der Waals surface area contributed by atoms with E-state index < -0.39 is 21.5 Å². The largest absolute Gasteiger partial charge is 0.398 e. The van der Waals surface area contributed by atoms with Crippen LogP contribution in [-0.4, -0.2) is 20.0 Å². The van der Waals surface area contributed by atoms with Crippen LogP contribution >= 0.6 is 15.9 Å². The zero-order valence-electron chi connectivity index (χ0n) is 13.4. The Balaban J connectivity index is 2.15. The van der Waals surface area contributed by atoms with Gasteiger partial charge in [-0.05, 0) is 39.7 Å². The maximum Gasteiger partial charge on any atom is 0.178 e. The predicted octanol–water partition coefficient (Wildman–Crippen LogP) is 3.46. The highest BCUT2D eigenvalue weighted by atomic mass is 79.9. The number of nitrogens with two attached hydrogens (primary N) is 1. The summed E-state index contributed by atoms with van der Waals surface area (Å²) in [5, 5.41) is 0. The third-order valence-electron chi connectivity index (χ3n) is 3.74. The van der Waals surface area contributed by atoms with Crippen molar-refractivity contribution in [2.75, 3.05) is 11.5 Å². The van der Waals surface area contributed by atoms with Gasteiger partial charge >= 0.3 is 0 Å². The van der Waals surface area contributed by atoms with E-state index >= 15 is 0 Å². The Hall–Kier alpha value is -1.80. The third kappa shape index (κ3) is 4.43. The molecule has 0 aromatic heterocycles. The van der Waals surface area contributed by atoms with E-state index in [1.807, 2.05) is 0 Å². The number of anilines is 1. The molecule has 0 fully saturated rings. The lowest BCUT2D eigenvalue weighted by Gasteiger charge is -2.09. The van der Waals surface area contributed by atoms with Gasteiger partial charge in [0, 0.05) is 24.1 Å². The first-order chi connectivity index (χ1) is 11.7. The van der Waals surface area contributed by atoms with Gasteiger partial charge in [0.15, 0.2) is 9.84 Å². The Morgan fingerprint density at radius 2 is 1.76 bits per heavy atom. The lowest BCUT2D eigenvalue weighted by molar-refractivity contribution is -0.117. The van der Waals surface area contributed by atoms with Crippen LogP contribution in [0.25, 0.3) is 0 Å². The molecule has 0 heterocycles. The molecule has 0 amide bonds. The zero-order chi connectivity index (χ0) is 18.8. The number of hydrogen-bond donors (Lipinski definition) is 1. The topological polar surface area (TPSA) is 77.2 Å². The molecule has 2 rings (SSSR count). The first-order valence-electron chi connectivity index (χ1n) is 7.41. The molecule has 0 radical (unpaired) electrons. The second-order valence-electron chi connectivity index (χ2n) is 5.49. The molecule has 0 spiro atoms. The van der Waals surface area contributed by atoms with Crippen molar-refractivity contribution in [3.8, 4) is 0 Å². The number of Topliss-reactive ketones (excluding diaryl/α,β-unsaturated/α-hetero) is 1. The minimum Gasteiger partial charge on any atom is -0.398 e. The normalized spacial score (nSPS) is 11.5. The summed E-state index contributed by atoms with van der Waals surface area (Å²) in [4.78, 5) is 12.4. The van der Waals surface area contributed by atoms with E-state index in [-0.39, 0.29) is 45.0 Å². The molecule has 0 saturated heterocycles. The van der Waals surface area contributed by atoms with Crippen molar-refractivity contribution in [1.82, 2.24) is 0 Å². The van der Waals surface area contributed by atoms with E-state index in [1.165, 1.54) is 12.1 Å². The number of nitrogen functional groups attached to an aromatic ring is 1. The number of halogens is 3. The molecular weight excluding hydrogens is 416 g/mol. The maximum absolute atomic E-state index is 14.1. The molecule has 0 aliphatic heterocycles. The minimum atomic E-state index is -3.30. The van der Waals surface area contributed by atoms with Crippen LogP contribution in [0, 0.1) is 11.6 Å². The minimum absolute atomic E-state index is 0.0106. The molecule has 134 valence electrons. The average Bonchev–Trinajstić information content (AvgIpc) is 2.57. The summed E-state index contributed by atoms with van der Waals surface area (Å²) in [6, 6.07) is 6.91. The first-order valence-corrected chi connectivity index (χ1v) is 9.85. The first kappa shape index (κ1) is 19.5. The Morgan fingerprint density at radius 1 is 1.16 bits per heavy atom. The standard InChI is InChI=1S/C17H16BrF2NO3S/c1-2-25(23,24)12-5-3-10(4-6-12)7-11(22)8-13-15(21)9-14(19)16(18)17(13)20/h3-6,9H,2,7-8,21H2,1H3. The lowest BCUT2D eigenvalue weighted by Crippen LogP contribution is -2.11. The number of benzene rings is 2. The van der Waals surface area contributed by atoms with Gasteiger partial charge in [-0.15, -0.1) is 0 Å². The Morgan fingerprint density at radius 3 is 2.32 bits per heavy atom. The molecule has 25 heavy (non-hydrogen) atoms. The fourth-order valence-electron chi connectivity index (χ4n) is 2.30. The fraction of sp³-hybridized carbons (Fsp3) is 0.235. The summed E-state index contributed by atoms with van der Waals surface area (Å²) in [5.41, 5.74) is 6.00. The van der Waals surface area contributed by atoms with Gasteiger partial charge in [0.1, 0.15) is 17.4 Å². The number of carbonyl (C=O) groups is 1. The van der Waals surface area contributed by atoms with Crippen LogP contribution in [0.15, 0.2) is 39.7 Å². The van der Waals surface area contributed by atoms with E-state index in [0.717, 1.165) is 6.07 Å². The zero-order valence-corrected chi connectivity index (χ0v) is 15.8. The van der Waals surface area contributed by atoms with E-state index in [4.69, 9.17) is 5.73 Å². The number of ketones is 1. The van der Waals surface area contributed by atoms with Gasteiger partial charge < -0.3 is 5.73 Å². The van der Waals surface area contributed by atoms with Gasteiger partial charge in [0.25, 0.3) is 0 Å². The summed E-state index contributed by atoms with van der Waals surface area (Å²) >= 11 is 2.78. The Labute approximate surface area is 153 Å². The SMILES string of the molecule is CCS(=O)(=O)c1ccc(CC(=O)Cc2c(N)cc(F)c(Br)c2F)cc1.